The summed E-state index contributed by atoms with van der Waals surface area (Å²) in [4.78, 5) is 25.4. The normalized spacial score (nSPS) is 14.4. The predicted octanol–water partition coefficient (Wildman–Crippen LogP) is 2.51. The molecule has 0 spiro atoms. The molecule has 1 saturated heterocycles. The van der Waals surface area contributed by atoms with Gasteiger partial charge in [0.05, 0.1) is 6.42 Å². The van der Waals surface area contributed by atoms with E-state index in [0.29, 0.717) is 19.4 Å². The van der Waals surface area contributed by atoms with E-state index in [9.17, 15) is 9.59 Å². The summed E-state index contributed by atoms with van der Waals surface area (Å²) in [5, 5.41) is 5.29. The lowest BCUT2D eigenvalue weighted by atomic mass is 10.0. The van der Waals surface area contributed by atoms with Crippen molar-refractivity contribution in [2.45, 2.75) is 25.7 Å². The van der Waals surface area contributed by atoms with E-state index >= 15 is 0 Å². The Bertz CT molecular complexity index is 711. The highest BCUT2D eigenvalue weighted by atomic mass is 16.2. The molecule has 2 aromatic carbocycles. The minimum Gasteiger partial charge on any atom is -0.356 e. The van der Waals surface area contributed by atoms with Crippen molar-refractivity contribution in [3.05, 3.63) is 48.0 Å². The van der Waals surface area contributed by atoms with Crippen molar-refractivity contribution in [2.75, 3.05) is 19.6 Å². The second-order valence-corrected chi connectivity index (χ2v) is 6.05. The first-order valence-electron chi connectivity index (χ1n) is 8.24. The van der Waals surface area contributed by atoms with E-state index in [1.54, 1.807) is 0 Å². The maximum absolute atomic E-state index is 12.0. The second kappa shape index (κ2) is 7.27. The first-order valence-corrected chi connectivity index (χ1v) is 8.24. The van der Waals surface area contributed by atoms with Crippen LogP contribution in [0, 0.1) is 0 Å². The van der Waals surface area contributed by atoms with Gasteiger partial charge in [-0.15, -0.1) is 0 Å². The van der Waals surface area contributed by atoms with E-state index in [1.165, 1.54) is 5.39 Å². The molecular formula is C19H22N2O2. The van der Waals surface area contributed by atoms with Gasteiger partial charge in [-0.25, -0.2) is 0 Å². The van der Waals surface area contributed by atoms with Crippen molar-refractivity contribution in [1.82, 2.24) is 10.2 Å². The molecule has 1 aliphatic heterocycles. The molecule has 3 rings (SSSR count). The zero-order chi connectivity index (χ0) is 16.1. The lowest BCUT2D eigenvalue weighted by molar-refractivity contribution is -0.127. The number of amides is 2. The molecule has 23 heavy (non-hydrogen) atoms. The zero-order valence-corrected chi connectivity index (χ0v) is 13.3. The standard InChI is InChI=1S/C19H22N2O2/c22-18(20-10-4-12-21-11-3-7-19(21)23)14-15-8-9-16-5-1-2-6-17(16)13-15/h1-2,5-6,8-9,13H,3-4,7,10-12,14H2,(H,20,22). The van der Waals surface area contributed by atoms with Gasteiger partial charge in [-0.2, -0.15) is 0 Å². The minimum atomic E-state index is 0.0352. The molecule has 1 heterocycles. The zero-order valence-electron chi connectivity index (χ0n) is 13.3. The van der Waals surface area contributed by atoms with Gasteiger partial charge in [-0.3, -0.25) is 9.59 Å². The van der Waals surface area contributed by atoms with E-state index in [4.69, 9.17) is 0 Å². The quantitative estimate of drug-likeness (QED) is 0.834. The molecule has 0 radical (unpaired) electrons. The van der Waals surface area contributed by atoms with E-state index in [1.807, 2.05) is 23.1 Å². The van der Waals surface area contributed by atoms with Gasteiger partial charge in [0.15, 0.2) is 0 Å². The molecule has 0 bridgehead atoms. The molecule has 1 fully saturated rings. The van der Waals surface area contributed by atoms with Crippen LogP contribution in [0.5, 0.6) is 0 Å². The highest BCUT2D eigenvalue weighted by molar-refractivity contribution is 5.85. The van der Waals surface area contributed by atoms with Gasteiger partial charge in [0, 0.05) is 26.1 Å². The fourth-order valence-corrected chi connectivity index (χ4v) is 3.03. The van der Waals surface area contributed by atoms with Crippen LogP contribution in [0.25, 0.3) is 10.8 Å². The molecule has 4 heteroatoms. The van der Waals surface area contributed by atoms with Gasteiger partial charge in [0.1, 0.15) is 0 Å². The molecule has 0 unspecified atom stereocenters. The smallest absolute Gasteiger partial charge is 0.224 e. The molecule has 0 saturated carbocycles. The Morgan fingerprint density at radius 1 is 1.13 bits per heavy atom. The largest absolute Gasteiger partial charge is 0.356 e. The average molecular weight is 310 g/mol. The second-order valence-electron chi connectivity index (χ2n) is 6.05. The van der Waals surface area contributed by atoms with Gasteiger partial charge >= 0.3 is 0 Å². The van der Waals surface area contributed by atoms with Crippen LogP contribution < -0.4 is 5.32 Å². The molecule has 0 aromatic heterocycles. The number of benzene rings is 2. The fourth-order valence-electron chi connectivity index (χ4n) is 3.03. The lowest BCUT2D eigenvalue weighted by Crippen LogP contribution is -2.31. The van der Waals surface area contributed by atoms with Crippen molar-refractivity contribution < 1.29 is 9.59 Å². The van der Waals surface area contributed by atoms with Crippen molar-refractivity contribution in [3.63, 3.8) is 0 Å². The number of carbonyl (C=O) groups excluding carboxylic acids is 2. The summed E-state index contributed by atoms with van der Waals surface area (Å²) in [6.07, 6.45) is 2.85. The maximum atomic E-state index is 12.0. The Labute approximate surface area is 136 Å². The molecule has 0 aliphatic carbocycles. The first-order chi connectivity index (χ1) is 11.2. The molecule has 1 aliphatic rings. The van der Waals surface area contributed by atoms with Crippen molar-refractivity contribution in [3.8, 4) is 0 Å². The third-order valence-electron chi connectivity index (χ3n) is 4.28. The predicted molar refractivity (Wildman–Crippen MR) is 91.1 cm³/mol. The monoisotopic (exact) mass is 310 g/mol. The molecule has 0 atom stereocenters. The maximum Gasteiger partial charge on any atom is 0.224 e. The summed E-state index contributed by atoms with van der Waals surface area (Å²) in [6.45, 7) is 2.23. The summed E-state index contributed by atoms with van der Waals surface area (Å²) < 4.78 is 0. The topological polar surface area (TPSA) is 49.4 Å². The average Bonchev–Trinajstić information content (AvgIpc) is 2.97. The van der Waals surface area contributed by atoms with Crippen molar-refractivity contribution in [2.24, 2.45) is 0 Å². The summed E-state index contributed by atoms with van der Waals surface area (Å²) in [5.74, 6) is 0.278. The Kier molecular flexibility index (Phi) is 4.91. The van der Waals surface area contributed by atoms with E-state index in [-0.39, 0.29) is 11.8 Å². The van der Waals surface area contributed by atoms with Crippen LogP contribution in [0.15, 0.2) is 42.5 Å². The number of carbonyl (C=O) groups is 2. The SMILES string of the molecule is O=C(Cc1ccc2ccccc2c1)NCCCN1CCCC1=O. The summed E-state index contributed by atoms with van der Waals surface area (Å²) in [6, 6.07) is 14.3. The van der Waals surface area contributed by atoms with Gasteiger partial charge in [0.25, 0.3) is 0 Å². The van der Waals surface area contributed by atoms with Crippen LogP contribution in [0.4, 0.5) is 0 Å². The van der Waals surface area contributed by atoms with Gasteiger partial charge in [-0.05, 0) is 29.2 Å². The molecule has 2 aromatic rings. The lowest BCUT2D eigenvalue weighted by Gasteiger charge is -2.15. The number of nitrogens with zero attached hydrogens (tertiary/aromatic N) is 1. The molecule has 120 valence electrons. The van der Waals surface area contributed by atoms with Gasteiger partial charge < -0.3 is 10.2 Å². The summed E-state index contributed by atoms with van der Waals surface area (Å²) >= 11 is 0. The number of rotatable bonds is 6. The summed E-state index contributed by atoms with van der Waals surface area (Å²) in [7, 11) is 0. The van der Waals surface area contributed by atoms with E-state index in [2.05, 4.69) is 29.6 Å². The highest BCUT2D eigenvalue weighted by Gasteiger charge is 2.18. The first kappa shape index (κ1) is 15.5. The van der Waals surface area contributed by atoms with E-state index < -0.39 is 0 Å². The number of hydrogen-bond acceptors (Lipinski definition) is 2. The van der Waals surface area contributed by atoms with Crippen LogP contribution >= 0.6 is 0 Å². The van der Waals surface area contributed by atoms with Crippen LogP contribution in [0.3, 0.4) is 0 Å². The third-order valence-corrected chi connectivity index (χ3v) is 4.28. The molecular weight excluding hydrogens is 288 g/mol. The molecule has 4 nitrogen and oxygen atoms in total. The number of likely N-dealkylation sites (tertiary alicyclic amines) is 1. The van der Waals surface area contributed by atoms with Gasteiger partial charge in [0.2, 0.25) is 11.8 Å². The Morgan fingerprint density at radius 3 is 2.74 bits per heavy atom. The van der Waals surface area contributed by atoms with Crippen molar-refractivity contribution in [1.29, 1.82) is 0 Å². The summed E-state index contributed by atoms with van der Waals surface area (Å²) in [5.41, 5.74) is 1.02. The number of hydrogen-bond donors (Lipinski definition) is 1. The Hall–Kier alpha value is -2.36. The van der Waals surface area contributed by atoms with Crippen LogP contribution in [-0.4, -0.2) is 36.3 Å². The van der Waals surface area contributed by atoms with Crippen LogP contribution in [0.1, 0.15) is 24.8 Å². The van der Waals surface area contributed by atoms with Crippen molar-refractivity contribution >= 4 is 22.6 Å². The fraction of sp³-hybridized carbons (Fsp3) is 0.368. The van der Waals surface area contributed by atoms with E-state index in [0.717, 1.165) is 36.9 Å². The Balaban J connectivity index is 1.44. The number of nitrogens with one attached hydrogen (secondary N) is 1. The Morgan fingerprint density at radius 2 is 1.96 bits per heavy atom. The highest BCUT2D eigenvalue weighted by Crippen LogP contribution is 2.16. The minimum absolute atomic E-state index is 0.0352. The van der Waals surface area contributed by atoms with Crippen LogP contribution in [-0.2, 0) is 16.0 Å². The van der Waals surface area contributed by atoms with Gasteiger partial charge in [-0.1, -0.05) is 42.5 Å². The molecule has 1 N–H and O–H groups in total. The third kappa shape index (κ3) is 4.09. The number of fused-ring (bicyclic) bond motifs is 1. The molecule has 2 amide bonds. The van der Waals surface area contributed by atoms with Crippen LogP contribution in [0.2, 0.25) is 0 Å².